The van der Waals surface area contributed by atoms with Crippen LogP contribution in [0.3, 0.4) is 0 Å². The molecule has 23 heavy (non-hydrogen) atoms. The summed E-state index contributed by atoms with van der Waals surface area (Å²) in [7, 11) is 1.82. The SMILES string of the molecule is Cn1cc(N2CCCC(NC(=O)C[C@@H]3CCC[C@H]3N)C2=O)cn1. The minimum atomic E-state index is -0.436. The number of nitrogens with zero attached hydrogens (tertiary/aromatic N) is 3. The highest BCUT2D eigenvalue weighted by atomic mass is 16.2. The Morgan fingerprint density at radius 1 is 1.39 bits per heavy atom. The predicted molar refractivity (Wildman–Crippen MR) is 86.7 cm³/mol. The van der Waals surface area contributed by atoms with Gasteiger partial charge in [-0.15, -0.1) is 0 Å². The molecule has 2 amide bonds. The lowest BCUT2D eigenvalue weighted by atomic mass is 9.98. The van der Waals surface area contributed by atoms with Crippen LogP contribution in [0.1, 0.15) is 38.5 Å². The average molecular weight is 319 g/mol. The lowest BCUT2D eigenvalue weighted by Gasteiger charge is -2.32. The number of hydrogen-bond acceptors (Lipinski definition) is 4. The van der Waals surface area contributed by atoms with Crippen LogP contribution in [-0.4, -0.2) is 40.2 Å². The Hall–Kier alpha value is -1.89. The molecule has 1 aliphatic carbocycles. The number of carbonyl (C=O) groups is 2. The maximum Gasteiger partial charge on any atom is 0.249 e. The maximum absolute atomic E-state index is 12.6. The second-order valence-corrected chi connectivity index (χ2v) is 6.68. The fraction of sp³-hybridized carbons (Fsp3) is 0.688. The summed E-state index contributed by atoms with van der Waals surface area (Å²) in [5.41, 5.74) is 6.81. The molecule has 0 radical (unpaired) electrons. The first-order valence-corrected chi connectivity index (χ1v) is 8.39. The number of hydrogen-bond donors (Lipinski definition) is 2. The summed E-state index contributed by atoms with van der Waals surface area (Å²) in [5, 5.41) is 7.02. The molecule has 0 spiro atoms. The van der Waals surface area contributed by atoms with Crippen molar-refractivity contribution in [3.8, 4) is 0 Å². The van der Waals surface area contributed by atoms with Gasteiger partial charge >= 0.3 is 0 Å². The van der Waals surface area contributed by atoms with E-state index in [4.69, 9.17) is 5.73 Å². The molecule has 1 aliphatic heterocycles. The first-order valence-electron chi connectivity index (χ1n) is 8.39. The van der Waals surface area contributed by atoms with E-state index in [-0.39, 0.29) is 23.8 Å². The third-order valence-electron chi connectivity index (χ3n) is 4.94. The molecule has 126 valence electrons. The minimum Gasteiger partial charge on any atom is -0.344 e. The molecule has 7 nitrogen and oxygen atoms in total. The van der Waals surface area contributed by atoms with Crippen LogP contribution < -0.4 is 16.0 Å². The monoisotopic (exact) mass is 319 g/mol. The highest BCUT2D eigenvalue weighted by Gasteiger charge is 2.33. The number of piperidine rings is 1. The molecule has 1 aromatic rings. The number of aryl methyl sites for hydroxylation is 1. The summed E-state index contributed by atoms with van der Waals surface area (Å²) >= 11 is 0. The Morgan fingerprint density at radius 2 is 2.22 bits per heavy atom. The van der Waals surface area contributed by atoms with Crippen LogP contribution in [-0.2, 0) is 16.6 Å². The first kappa shape index (κ1) is 16.0. The fourth-order valence-electron chi connectivity index (χ4n) is 3.62. The molecule has 1 saturated carbocycles. The van der Waals surface area contributed by atoms with Crippen molar-refractivity contribution in [3.05, 3.63) is 12.4 Å². The fourth-order valence-corrected chi connectivity index (χ4v) is 3.62. The van der Waals surface area contributed by atoms with Crippen molar-refractivity contribution in [1.82, 2.24) is 15.1 Å². The molecular weight excluding hydrogens is 294 g/mol. The van der Waals surface area contributed by atoms with E-state index in [9.17, 15) is 9.59 Å². The van der Waals surface area contributed by atoms with E-state index in [0.29, 0.717) is 19.4 Å². The molecule has 3 N–H and O–H groups in total. The van der Waals surface area contributed by atoms with Gasteiger partial charge in [-0.05, 0) is 31.6 Å². The maximum atomic E-state index is 12.6. The molecule has 2 heterocycles. The van der Waals surface area contributed by atoms with Gasteiger partial charge in [0.1, 0.15) is 6.04 Å². The summed E-state index contributed by atoms with van der Waals surface area (Å²) in [6.07, 6.45) is 8.59. The third kappa shape index (κ3) is 3.55. The number of anilines is 1. The van der Waals surface area contributed by atoms with Gasteiger partial charge in [-0.3, -0.25) is 14.3 Å². The summed E-state index contributed by atoms with van der Waals surface area (Å²) in [6.45, 7) is 0.671. The van der Waals surface area contributed by atoms with Gasteiger partial charge in [0, 0.05) is 32.3 Å². The van der Waals surface area contributed by atoms with Gasteiger partial charge in [0.05, 0.1) is 11.9 Å². The Labute approximate surface area is 136 Å². The topological polar surface area (TPSA) is 93.2 Å². The second kappa shape index (κ2) is 6.70. The Balaban J connectivity index is 1.59. The standard InChI is InChI=1S/C16H25N5O2/c1-20-10-12(9-18-20)21-7-3-6-14(16(21)23)19-15(22)8-11-4-2-5-13(11)17/h9-11,13-14H,2-8,17H2,1H3,(H,19,22)/t11-,13+,14?/m0/s1. The molecule has 3 atom stereocenters. The van der Waals surface area contributed by atoms with Crippen LogP contribution in [0.25, 0.3) is 0 Å². The Kier molecular flexibility index (Phi) is 4.66. The molecular formula is C16H25N5O2. The largest absolute Gasteiger partial charge is 0.344 e. The number of aromatic nitrogens is 2. The predicted octanol–water partition coefficient (Wildman–Crippen LogP) is 0.549. The van der Waals surface area contributed by atoms with E-state index >= 15 is 0 Å². The van der Waals surface area contributed by atoms with Crippen molar-refractivity contribution in [3.63, 3.8) is 0 Å². The van der Waals surface area contributed by atoms with Crippen LogP contribution in [0.15, 0.2) is 12.4 Å². The van der Waals surface area contributed by atoms with Gasteiger partial charge < -0.3 is 16.0 Å². The molecule has 3 rings (SSSR count). The zero-order chi connectivity index (χ0) is 16.4. The normalized spacial score (nSPS) is 28.2. The smallest absolute Gasteiger partial charge is 0.249 e. The zero-order valence-electron chi connectivity index (χ0n) is 13.6. The number of amides is 2. The lowest BCUT2D eigenvalue weighted by molar-refractivity contribution is -0.129. The Bertz CT molecular complexity index is 585. The molecule has 2 aliphatic rings. The molecule has 2 fully saturated rings. The van der Waals surface area contributed by atoms with E-state index in [0.717, 1.165) is 31.4 Å². The van der Waals surface area contributed by atoms with E-state index in [1.54, 1.807) is 15.8 Å². The summed E-state index contributed by atoms with van der Waals surface area (Å²) in [4.78, 5) is 26.6. The molecule has 1 aromatic heterocycles. The van der Waals surface area contributed by atoms with Crippen LogP contribution in [0.2, 0.25) is 0 Å². The molecule has 1 saturated heterocycles. The van der Waals surface area contributed by atoms with Gasteiger partial charge in [0.25, 0.3) is 0 Å². The summed E-state index contributed by atoms with van der Waals surface area (Å²) in [6, 6.07) is -0.316. The van der Waals surface area contributed by atoms with Crippen LogP contribution >= 0.6 is 0 Å². The zero-order valence-corrected chi connectivity index (χ0v) is 13.6. The van der Waals surface area contributed by atoms with Crippen LogP contribution in [0.4, 0.5) is 5.69 Å². The van der Waals surface area contributed by atoms with E-state index in [1.165, 1.54) is 0 Å². The second-order valence-electron chi connectivity index (χ2n) is 6.68. The molecule has 1 unspecified atom stereocenters. The van der Waals surface area contributed by atoms with E-state index in [2.05, 4.69) is 10.4 Å². The Morgan fingerprint density at radius 3 is 2.87 bits per heavy atom. The number of nitrogens with one attached hydrogen (secondary N) is 1. The number of rotatable bonds is 4. The number of carbonyl (C=O) groups excluding carboxylic acids is 2. The van der Waals surface area contributed by atoms with Gasteiger partial charge in [-0.25, -0.2) is 0 Å². The van der Waals surface area contributed by atoms with Gasteiger partial charge in [-0.1, -0.05) is 6.42 Å². The molecule has 7 heteroatoms. The quantitative estimate of drug-likeness (QED) is 0.847. The third-order valence-corrected chi connectivity index (χ3v) is 4.94. The highest BCUT2D eigenvalue weighted by molar-refractivity contribution is 5.99. The highest BCUT2D eigenvalue weighted by Crippen LogP contribution is 2.27. The minimum absolute atomic E-state index is 0.0479. The van der Waals surface area contributed by atoms with Crippen molar-refractivity contribution in [2.45, 2.75) is 50.6 Å². The average Bonchev–Trinajstić information content (AvgIpc) is 3.11. The van der Waals surface area contributed by atoms with Gasteiger partial charge in [0.2, 0.25) is 11.8 Å². The molecule has 0 bridgehead atoms. The summed E-state index contributed by atoms with van der Waals surface area (Å²) in [5.74, 6) is 0.148. The van der Waals surface area contributed by atoms with Crippen molar-refractivity contribution < 1.29 is 9.59 Å². The first-order chi connectivity index (χ1) is 11.0. The van der Waals surface area contributed by atoms with E-state index in [1.807, 2.05) is 13.2 Å². The van der Waals surface area contributed by atoms with Crippen molar-refractivity contribution in [2.24, 2.45) is 18.7 Å². The van der Waals surface area contributed by atoms with Gasteiger partial charge in [0.15, 0.2) is 0 Å². The van der Waals surface area contributed by atoms with Crippen molar-refractivity contribution in [2.75, 3.05) is 11.4 Å². The summed E-state index contributed by atoms with van der Waals surface area (Å²) < 4.78 is 1.67. The van der Waals surface area contributed by atoms with E-state index < -0.39 is 6.04 Å². The van der Waals surface area contributed by atoms with Crippen molar-refractivity contribution >= 4 is 17.5 Å². The lowest BCUT2D eigenvalue weighted by Crippen LogP contribution is -2.52. The van der Waals surface area contributed by atoms with Crippen molar-refractivity contribution in [1.29, 1.82) is 0 Å². The molecule has 0 aromatic carbocycles. The van der Waals surface area contributed by atoms with Crippen LogP contribution in [0, 0.1) is 5.92 Å². The number of nitrogens with two attached hydrogens (primary N) is 1. The van der Waals surface area contributed by atoms with Gasteiger partial charge in [-0.2, -0.15) is 5.10 Å². The van der Waals surface area contributed by atoms with Crippen LogP contribution in [0.5, 0.6) is 0 Å².